The zero-order chi connectivity index (χ0) is 20.5. The number of primary sulfonamides is 1. The van der Waals surface area contributed by atoms with E-state index in [1.807, 2.05) is 0 Å². The normalized spacial score (nSPS) is 11.4. The molecule has 0 aliphatic carbocycles. The Morgan fingerprint density at radius 1 is 1.18 bits per heavy atom. The van der Waals surface area contributed by atoms with Crippen LogP contribution in [0.15, 0.2) is 51.8 Å². The number of carbonyl (C=O) groups is 2. The lowest BCUT2D eigenvalue weighted by Gasteiger charge is -2.06. The van der Waals surface area contributed by atoms with Gasteiger partial charge < -0.3 is 14.5 Å². The number of carbonyl (C=O) groups excluding carboxylic acids is 2. The van der Waals surface area contributed by atoms with E-state index in [0.29, 0.717) is 27.2 Å². The zero-order valence-electron chi connectivity index (χ0n) is 14.6. The van der Waals surface area contributed by atoms with Gasteiger partial charge in [-0.1, -0.05) is 23.7 Å². The van der Waals surface area contributed by atoms with Gasteiger partial charge in [0.2, 0.25) is 15.8 Å². The zero-order valence-corrected chi connectivity index (χ0v) is 16.1. The number of benzene rings is 2. The lowest BCUT2D eigenvalue weighted by molar-refractivity contribution is -0.119. The molecule has 0 radical (unpaired) electrons. The Kier molecular flexibility index (Phi) is 5.41. The lowest BCUT2D eigenvalue weighted by atomic mass is 10.1. The van der Waals surface area contributed by atoms with Gasteiger partial charge in [0.05, 0.1) is 9.92 Å². The number of aryl methyl sites for hydroxylation is 1. The average molecular weight is 423 g/mol. The summed E-state index contributed by atoms with van der Waals surface area (Å²) in [7, 11) is -3.82. The maximum atomic E-state index is 12.2. The minimum absolute atomic E-state index is 0.0339. The second kappa shape index (κ2) is 7.63. The monoisotopic (exact) mass is 422 g/mol. The molecule has 1 amide bonds. The first-order valence-electron chi connectivity index (χ1n) is 7.94. The SMILES string of the molecule is Cc1c(C(=O)OCC(=O)Nc2ccc(S(N)(=O)=O)cc2)oc2c(Cl)cccc12. The molecule has 0 bridgehead atoms. The van der Waals surface area contributed by atoms with Crippen LogP contribution >= 0.6 is 11.6 Å². The van der Waals surface area contributed by atoms with Crippen LogP contribution in [0.2, 0.25) is 5.02 Å². The number of anilines is 1. The predicted octanol–water partition coefficient (Wildman–Crippen LogP) is 2.84. The molecule has 8 nitrogen and oxygen atoms in total. The number of rotatable bonds is 5. The van der Waals surface area contributed by atoms with E-state index in [1.54, 1.807) is 25.1 Å². The second-order valence-electron chi connectivity index (χ2n) is 5.87. The van der Waals surface area contributed by atoms with Gasteiger partial charge in [0.25, 0.3) is 5.91 Å². The molecule has 28 heavy (non-hydrogen) atoms. The number of halogens is 1. The molecule has 3 aromatic rings. The van der Waals surface area contributed by atoms with Gasteiger partial charge in [-0.25, -0.2) is 18.4 Å². The van der Waals surface area contributed by atoms with Crippen molar-refractivity contribution in [3.05, 3.63) is 58.8 Å². The minimum Gasteiger partial charge on any atom is -0.450 e. The van der Waals surface area contributed by atoms with Crippen LogP contribution in [0.5, 0.6) is 0 Å². The number of esters is 1. The van der Waals surface area contributed by atoms with Crippen LogP contribution in [0.3, 0.4) is 0 Å². The summed E-state index contributed by atoms with van der Waals surface area (Å²) in [5.74, 6) is -1.44. The van der Waals surface area contributed by atoms with Crippen molar-refractivity contribution in [2.75, 3.05) is 11.9 Å². The standard InChI is InChI=1S/C18H15ClN2O6S/c1-10-13-3-2-4-14(19)17(13)27-16(10)18(23)26-9-15(22)21-11-5-7-12(8-6-11)28(20,24)25/h2-8H,9H2,1H3,(H,21,22)(H2,20,24,25). The Bertz CT molecular complexity index is 1170. The van der Waals surface area contributed by atoms with Crippen molar-refractivity contribution in [2.24, 2.45) is 5.14 Å². The van der Waals surface area contributed by atoms with Gasteiger partial charge in [-0.3, -0.25) is 4.79 Å². The van der Waals surface area contributed by atoms with E-state index in [1.165, 1.54) is 24.3 Å². The molecule has 3 rings (SSSR count). The van der Waals surface area contributed by atoms with E-state index in [4.69, 9.17) is 25.9 Å². The first-order valence-corrected chi connectivity index (χ1v) is 9.86. The number of hydrogen-bond donors (Lipinski definition) is 2. The van der Waals surface area contributed by atoms with E-state index in [0.717, 1.165) is 0 Å². The molecule has 3 N–H and O–H groups in total. The highest BCUT2D eigenvalue weighted by atomic mass is 35.5. The number of para-hydroxylation sites is 1. The summed E-state index contributed by atoms with van der Waals surface area (Å²) in [5, 5.41) is 8.52. The highest BCUT2D eigenvalue weighted by molar-refractivity contribution is 7.89. The average Bonchev–Trinajstić information content (AvgIpc) is 2.98. The first-order chi connectivity index (χ1) is 13.2. The van der Waals surface area contributed by atoms with Crippen molar-refractivity contribution in [2.45, 2.75) is 11.8 Å². The largest absolute Gasteiger partial charge is 0.450 e. The molecule has 1 heterocycles. The van der Waals surface area contributed by atoms with Gasteiger partial charge >= 0.3 is 5.97 Å². The van der Waals surface area contributed by atoms with Crippen molar-refractivity contribution < 1.29 is 27.2 Å². The maximum absolute atomic E-state index is 12.2. The molecule has 0 unspecified atom stereocenters. The van der Waals surface area contributed by atoms with E-state index in [2.05, 4.69) is 5.32 Å². The number of hydrogen-bond acceptors (Lipinski definition) is 6. The number of nitrogens with two attached hydrogens (primary N) is 1. The van der Waals surface area contributed by atoms with Crippen molar-refractivity contribution in [1.82, 2.24) is 0 Å². The van der Waals surface area contributed by atoms with E-state index < -0.39 is 28.5 Å². The van der Waals surface area contributed by atoms with Gasteiger partial charge in [0, 0.05) is 16.6 Å². The Hall–Kier alpha value is -2.88. The number of fused-ring (bicyclic) bond motifs is 1. The molecule has 0 atom stereocenters. The summed E-state index contributed by atoms with van der Waals surface area (Å²) in [6, 6.07) is 10.4. The predicted molar refractivity (Wildman–Crippen MR) is 103 cm³/mol. The Morgan fingerprint density at radius 3 is 2.46 bits per heavy atom. The number of ether oxygens (including phenoxy) is 1. The number of furan rings is 1. The lowest BCUT2D eigenvalue weighted by Crippen LogP contribution is -2.21. The fraction of sp³-hybridized carbons (Fsp3) is 0.111. The van der Waals surface area contributed by atoms with Crippen molar-refractivity contribution >= 4 is 50.2 Å². The van der Waals surface area contributed by atoms with Crippen LogP contribution in [0.25, 0.3) is 11.0 Å². The summed E-state index contributed by atoms with van der Waals surface area (Å²) in [6.07, 6.45) is 0. The molecule has 0 saturated carbocycles. The van der Waals surface area contributed by atoms with Crippen LogP contribution in [-0.2, 0) is 19.6 Å². The summed E-state index contributed by atoms with van der Waals surface area (Å²) in [6.45, 7) is 1.13. The number of sulfonamides is 1. The van der Waals surface area contributed by atoms with Crippen molar-refractivity contribution in [1.29, 1.82) is 0 Å². The quantitative estimate of drug-likeness (QED) is 0.608. The minimum atomic E-state index is -3.82. The Balaban J connectivity index is 1.64. The van der Waals surface area contributed by atoms with E-state index >= 15 is 0 Å². The third kappa shape index (κ3) is 4.16. The smallest absolute Gasteiger partial charge is 0.375 e. The van der Waals surface area contributed by atoms with Crippen molar-refractivity contribution in [3.63, 3.8) is 0 Å². The topological polar surface area (TPSA) is 129 Å². The Morgan fingerprint density at radius 2 is 1.86 bits per heavy atom. The molecule has 0 aliphatic heterocycles. The van der Waals surface area contributed by atoms with Gasteiger partial charge in [-0.15, -0.1) is 0 Å². The fourth-order valence-corrected chi connectivity index (χ4v) is 3.25. The fourth-order valence-electron chi connectivity index (χ4n) is 2.53. The molecule has 1 aromatic heterocycles. The Labute approximate surface area is 165 Å². The second-order valence-corrected chi connectivity index (χ2v) is 7.84. The van der Waals surface area contributed by atoms with Gasteiger partial charge in [0.1, 0.15) is 0 Å². The van der Waals surface area contributed by atoms with E-state index in [-0.39, 0.29) is 10.7 Å². The van der Waals surface area contributed by atoms with Crippen LogP contribution in [0.4, 0.5) is 5.69 Å². The van der Waals surface area contributed by atoms with Crippen LogP contribution in [-0.4, -0.2) is 26.9 Å². The summed E-state index contributed by atoms with van der Waals surface area (Å²) >= 11 is 6.05. The van der Waals surface area contributed by atoms with E-state index in [9.17, 15) is 18.0 Å². The molecule has 10 heteroatoms. The van der Waals surface area contributed by atoms with Crippen LogP contribution in [0.1, 0.15) is 16.1 Å². The molecule has 0 spiro atoms. The first kappa shape index (κ1) is 19.9. The van der Waals surface area contributed by atoms with Gasteiger partial charge in [0.15, 0.2) is 12.2 Å². The number of nitrogens with one attached hydrogen (secondary N) is 1. The molecule has 0 fully saturated rings. The van der Waals surface area contributed by atoms with Gasteiger partial charge in [-0.05, 0) is 37.3 Å². The third-order valence-electron chi connectivity index (χ3n) is 3.90. The molecule has 146 valence electrons. The highest BCUT2D eigenvalue weighted by Crippen LogP contribution is 2.31. The summed E-state index contributed by atoms with van der Waals surface area (Å²) in [4.78, 5) is 24.1. The summed E-state index contributed by atoms with van der Waals surface area (Å²) < 4.78 is 32.9. The van der Waals surface area contributed by atoms with Crippen LogP contribution in [0, 0.1) is 6.92 Å². The third-order valence-corrected chi connectivity index (χ3v) is 5.13. The van der Waals surface area contributed by atoms with Crippen molar-refractivity contribution in [3.8, 4) is 0 Å². The number of amides is 1. The molecule has 0 saturated heterocycles. The van der Waals surface area contributed by atoms with Crippen LogP contribution < -0.4 is 10.5 Å². The molecule has 2 aromatic carbocycles. The highest BCUT2D eigenvalue weighted by Gasteiger charge is 2.21. The molecular weight excluding hydrogens is 408 g/mol. The summed E-state index contributed by atoms with van der Waals surface area (Å²) in [5.41, 5.74) is 1.25. The molecule has 0 aliphatic rings. The molecular formula is C18H15ClN2O6S. The maximum Gasteiger partial charge on any atom is 0.375 e. The van der Waals surface area contributed by atoms with Gasteiger partial charge in [-0.2, -0.15) is 0 Å².